The summed E-state index contributed by atoms with van der Waals surface area (Å²) in [7, 11) is 0. The van der Waals surface area contributed by atoms with Gasteiger partial charge in [0.15, 0.2) is 5.11 Å². The van der Waals surface area contributed by atoms with Crippen molar-refractivity contribution in [3.05, 3.63) is 32.8 Å². The molecular weight excluding hydrogens is 277 g/mol. The van der Waals surface area contributed by atoms with Crippen LogP contribution in [0.1, 0.15) is 5.56 Å². The lowest BCUT2D eigenvalue weighted by atomic mass is 10.2. The molecule has 0 saturated carbocycles. The Morgan fingerprint density at radius 1 is 1.40 bits per heavy atom. The molecule has 0 amide bonds. The molecule has 7 heteroatoms. The van der Waals surface area contributed by atoms with Crippen LogP contribution in [0.15, 0.2) is 17.2 Å². The van der Waals surface area contributed by atoms with Gasteiger partial charge in [0.2, 0.25) is 0 Å². The molecule has 0 spiro atoms. The van der Waals surface area contributed by atoms with Crippen LogP contribution in [-0.4, -0.2) is 11.3 Å². The first-order valence-electron chi connectivity index (χ1n) is 3.73. The fourth-order valence-electron chi connectivity index (χ4n) is 0.835. The molecule has 3 N–H and O–H groups in total. The first kappa shape index (κ1) is 12.5. The topological polar surface area (TPSA) is 50.4 Å². The lowest BCUT2D eigenvalue weighted by molar-refractivity contribution is 1.04. The fraction of sp³-hybridized carbons (Fsp3) is 0. The van der Waals surface area contributed by atoms with Crippen molar-refractivity contribution < 1.29 is 0 Å². The summed E-state index contributed by atoms with van der Waals surface area (Å²) in [6.07, 6.45) is 1.43. The summed E-state index contributed by atoms with van der Waals surface area (Å²) >= 11 is 22.1. The molecular formula is C8H6Cl3N3S. The van der Waals surface area contributed by atoms with Crippen molar-refractivity contribution in [1.82, 2.24) is 5.43 Å². The summed E-state index contributed by atoms with van der Waals surface area (Å²) in [6, 6.07) is 3.17. The predicted molar refractivity (Wildman–Crippen MR) is 69.0 cm³/mol. The van der Waals surface area contributed by atoms with Crippen LogP contribution in [0.25, 0.3) is 0 Å². The monoisotopic (exact) mass is 281 g/mol. The molecule has 1 rings (SSSR count). The SMILES string of the molecule is NC(=S)N/N=C\c1cc(Cl)cc(Cl)c1Cl. The lowest BCUT2D eigenvalue weighted by Crippen LogP contribution is -2.24. The number of hydrogen-bond donors (Lipinski definition) is 2. The highest BCUT2D eigenvalue weighted by molar-refractivity contribution is 7.80. The van der Waals surface area contributed by atoms with Crippen molar-refractivity contribution in [2.24, 2.45) is 10.8 Å². The molecule has 0 saturated heterocycles. The standard InChI is InChI=1S/C8H6Cl3N3S/c9-5-1-4(3-13-14-8(12)15)7(11)6(10)2-5/h1-3H,(H3,12,14,15)/b13-3-. The van der Waals surface area contributed by atoms with Gasteiger partial charge >= 0.3 is 0 Å². The second-order valence-corrected chi connectivity index (χ2v) is 4.19. The molecule has 0 fully saturated rings. The van der Waals surface area contributed by atoms with E-state index in [2.05, 4.69) is 22.7 Å². The zero-order valence-electron chi connectivity index (χ0n) is 7.30. The van der Waals surface area contributed by atoms with Crippen LogP contribution in [0, 0.1) is 0 Å². The van der Waals surface area contributed by atoms with Crippen molar-refractivity contribution in [2.75, 3.05) is 0 Å². The zero-order valence-corrected chi connectivity index (χ0v) is 10.4. The predicted octanol–water partition coefficient (Wildman–Crippen LogP) is 2.81. The zero-order chi connectivity index (χ0) is 11.4. The summed E-state index contributed by atoms with van der Waals surface area (Å²) in [6.45, 7) is 0. The molecule has 1 aromatic carbocycles. The smallest absolute Gasteiger partial charge is 0.184 e. The number of benzene rings is 1. The quantitative estimate of drug-likeness (QED) is 0.379. The minimum absolute atomic E-state index is 0.0653. The molecule has 1 aromatic rings. The molecule has 0 aromatic heterocycles. The Labute approximate surface area is 107 Å². The summed E-state index contributed by atoms with van der Waals surface area (Å²) in [4.78, 5) is 0. The van der Waals surface area contributed by atoms with Gasteiger partial charge in [-0.05, 0) is 24.4 Å². The number of thiocarbonyl (C=S) groups is 1. The van der Waals surface area contributed by atoms with Crippen molar-refractivity contribution in [1.29, 1.82) is 0 Å². The Bertz CT molecular complexity index is 420. The minimum atomic E-state index is 0.0653. The number of rotatable bonds is 2. The number of halogens is 3. The molecule has 0 atom stereocenters. The molecule has 0 aliphatic carbocycles. The maximum atomic E-state index is 5.91. The molecule has 80 valence electrons. The van der Waals surface area contributed by atoms with Gasteiger partial charge in [-0.25, -0.2) is 0 Å². The number of hydrazone groups is 1. The van der Waals surface area contributed by atoms with Gasteiger partial charge in [0.05, 0.1) is 16.3 Å². The van der Waals surface area contributed by atoms with Crippen molar-refractivity contribution in [2.45, 2.75) is 0 Å². The van der Waals surface area contributed by atoms with E-state index in [0.717, 1.165) is 0 Å². The molecule has 0 aliphatic heterocycles. The third kappa shape index (κ3) is 3.83. The Balaban J connectivity index is 2.94. The molecule has 15 heavy (non-hydrogen) atoms. The Hall–Kier alpha value is -0.550. The number of nitrogens with one attached hydrogen (secondary N) is 1. The maximum absolute atomic E-state index is 5.91. The van der Waals surface area contributed by atoms with Crippen molar-refractivity contribution in [3.8, 4) is 0 Å². The van der Waals surface area contributed by atoms with Crippen LogP contribution in [-0.2, 0) is 0 Å². The van der Waals surface area contributed by atoms with E-state index in [-0.39, 0.29) is 5.11 Å². The highest BCUT2D eigenvalue weighted by atomic mass is 35.5. The Morgan fingerprint density at radius 3 is 2.67 bits per heavy atom. The summed E-state index contributed by atoms with van der Waals surface area (Å²) in [5.41, 5.74) is 8.15. The highest BCUT2D eigenvalue weighted by Gasteiger charge is 2.04. The largest absolute Gasteiger partial charge is 0.375 e. The van der Waals surface area contributed by atoms with Crippen LogP contribution < -0.4 is 11.2 Å². The second-order valence-electron chi connectivity index (χ2n) is 2.53. The summed E-state index contributed by atoms with van der Waals surface area (Å²) in [5.74, 6) is 0. The van der Waals surface area contributed by atoms with E-state index >= 15 is 0 Å². The van der Waals surface area contributed by atoms with E-state index in [9.17, 15) is 0 Å². The molecule has 0 radical (unpaired) electrons. The van der Waals surface area contributed by atoms with Crippen LogP contribution in [0.2, 0.25) is 15.1 Å². The maximum Gasteiger partial charge on any atom is 0.184 e. The first-order chi connectivity index (χ1) is 7.00. The van der Waals surface area contributed by atoms with E-state index in [1.165, 1.54) is 6.21 Å². The first-order valence-corrected chi connectivity index (χ1v) is 5.28. The summed E-state index contributed by atoms with van der Waals surface area (Å²) in [5, 5.41) is 5.01. The van der Waals surface area contributed by atoms with Gasteiger partial charge in [-0.1, -0.05) is 34.8 Å². The third-order valence-corrected chi connectivity index (χ3v) is 2.53. The van der Waals surface area contributed by atoms with Crippen LogP contribution >= 0.6 is 47.0 Å². The van der Waals surface area contributed by atoms with Gasteiger partial charge in [-0.3, -0.25) is 5.43 Å². The Morgan fingerprint density at radius 2 is 2.07 bits per heavy atom. The fourth-order valence-corrected chi connectivity index (χ4v) is 1.56. The number of nitrogens with two attached hydrogens (primary N) is 1. The van der Waals surface area contributed by atoms with E-state index in [0.29, 0.717) is 20.6 Å². The summed E-state index contributed by atoms with van der Waals surface area (Å²) < 4.78 is 0. The normalized spacial score (nSPS) is 10.6. The number of nitrogens with zero attached hydrogens (tertiary/aromatic N) is 1. The number of hydrogen-bond acceptors (Lipinski definition) is 2. The van der Waals surface area contributed by atoms with Crippen molar-refractivity contribution in [3.63, 3.8) is 0 Å². The lowest BCUT2D eigenvalue weighted by Gasteiger charge is -2.01. The van der Waals surface area contributed by atoms with Gasteiger partial charge in [0, 0.05) is 10.6 Å². The van der Waals surface area contributed by atoms with Gasteiger partial charge in [0.25, 0.3) is 0 Å². The molecule has 3 nitrogen and oxygen atoms in total. The van der Waals surface area contributed by atoms with Crippen LogP contribution in [0.3, 0.4) is 0 Å². The molecule has 0 aliphatic rings. The van der Waals surface area contributed by atoms with E-state index < -0.39 is 0 Å². The Kier molecular flexibility index (Phi) is 4.60. The van der Waals surface area contributed by atoms with Crippen LogP contribution in [0.5, 0.6) is 0 Å². The van der Waals surface area contributed by atoms with E-state index in [1.807, 2.05) is 0 Å². The van der Waals surface area contributed by atoms with E-state index in [1.54, 1.807) is 12.1 Å². The average Bonchev–Trinajstić information content (AvgIpc) is 2.12. The minimum Gasteiger partial charge on any atom is -0.375 e. The third-order valence-electron chi connectivity index (χ3n) is 1.40. The van der Waals surface area contributed by atoms with Gasteiger partial charge in [-0.15, -0.1) is 0 Å². The molecule has 0 bridgehead atoms. The van der Waals surface area contributed by atoms with E-state index in [4.69, 9.17) is 40.5 Å². The molecule has 0 unspecified atom stereocenters. The van der Waals surface area contributed by atoms with Gasteiger partial charge in [-0.2, -0.15) is 5.10 Å². The highest BCUT2D eigenvalue weighted by Crippen LogP contribution is 2.28. The molecule has 0 heterocycles. The van der Waals surface area contributed by atoms with Gasteiger partial charge < -0.3 is 5.73 Å². The second kappa shape index (κ2) is 5.51. The van der Waals surface area contributed by atoms with Gasteiger partial charge in [0.1, 0.15) is 0 Å². The van der Waals surface area contributed by atoms with Crippen molar-refractivity contribution >= 4 is 58.3 Å². The van der Waals surface area contributed by atoms with Crippen LogP contribution in [0.4, 0.5) is 0 Å². The average molecular weight is 283 g/mol.